The van der Waals surface area contributed by atoms with Crippen molar-refractivity contribution in [3.63, 3.8) is 0 Å². The molecule has 0 spiro atoms. The van der Waals surface area contributed by atoms with Crippen LogP contribution >= 0.6 is 11.6 Å². The highest BCUT2D eigenvalue weighted by atomic mass is 35.5. The van der Waals surface area contributed by atoms with Crippen LogP contribution in [0, 0.1) is 11.3 Å². The summed E-state index contributed by atoms with van der Waals surface area (Å²) in [6.07, 6.45) is 0. The second kappa shape index (κ2) is 4.65. The van der Waals surface area contributed by atoms with Gasteiger partial charge in [0.05, 0.1) is 11.3 Å². The van der Waals surface area contributed by atoms with E-state index in [-0.39, 0.29) is 28.3 Å². The molecule has 0 heterocycles. The Labute approximate surface area is 88.4 Å². The van der Waals surface area contributed by atoms with E-state index in [1.165, 1.54) is 18.2 Å². The lowest BCUT2D eigenvalue weighted by molar-refractivity contribution is 0.108. The monoisotopic (exact) mass is 226 g/mol. The van der Waals surface area contributed by atoms with Gasteiger partial charge in [0.15, 0.2) is 0 Å². The number of rotatable bonds is 2. The lowest BCUT2D eigenvalue weighted by Crippen LogP contribution is -1.88. The molecule has 1 rings (SSSR count). The van der Waals surface area contributed by atoms with Gasteiger partial charge in [0.2, 0.25) is 11.5 Å². The van der Waals surface area contributed by atoms with Crippen molar-refractivity contribution in [3.8, 4) is 6.07 Å². The summed E-state index contributed by atoms with van der Waals surface area (Å²) in [4.78, 5) is 10.8. The number of carbonyl (C=O) groups excluding carboxylic acids is 1. The van der Waals surface area contributed by atoms with E-state index >= 15 is 0 Å². The lowest BCUT2D eigenvalue weighted by Gasteiger charge is -1.96. The molecule has 14 heavy (non-hydrogen) atoms. The fourth-order valence-electron chi connectivity index (χ4n) is 0.864. The quantitative estimate of drug-likeness (QED) is 0.724. The van der Waals surface area contributed by atoms with Crippen LogP contribution in [0.4, 0.5) is 5.69 Å². The van der Waals surface area contributed by atoms with Crippen LogP contribution in [0.3, 0.4) is 0 Å². The van der Waals surface area contributed by atoms with Gasteiger partial charge in [-0.05, 0) is 29.8 Å². The topological polar surface area (TPSA) is 70.3 Å². The minimum absolute atomic E-state index is 0.0258. The summed E-state index contributed by atoms with van der Waals surface area (Å²) in [5.41, 5.74) is 0.604. The second-order valence-electron chi connectivity index (χ2n) is 2.28. The third-order valence-electron chi connectivity index (χ3n) is 1.48. The fraction of sp³-hybridized carbons (Fsp3) is 0. The van der Waals surface area contributed by atoms with Gasteiger partial charge < -0.3 is 0 Å². The zero-order chi connectivity index (χ0) is 10.6. The first-order chi connectivity index (χ1) is 6.69. The first-order valence-electron chi connectivity index (χ1n) is 3.43. The molecule has 0 aliphatic rings. The van der Waals surface area contributed by atoms with E-state index in [2.05, 4.69) is 4.36 Å². The van der Waals surface area contributed by atoms with Crippen molar-refractivity contribution >= 4 is 34.0 Å². The smallest absolute Gasteiger partial charge is 0.252 e. The van der Waals surface area contributed by atoms with Gasteiger partial charge in [0, 0.05) is 5.56 Å². The Hall–Kier alpha value is -1.51. The van der Waals surface area contributed by atoms with Crippen molar-refractivity contribution in [2.24, 2.45) is 4.36 Å². The molecule has 0 radical (unpaired) electrons. The van der Waals surface area contributed by atoms with Gasteiger partial charge in [0.1, 0.15) is 6.07 Å². The number of nitrogens with zero attached hydrogens (tertiary/aromatic N) is 2. The van der Waals surface area contributed by atoms with Gasteiger partial charge in [-0.1, -0.05) is 0 Å². The number of carbonyl (C=O) groups is 1. The first-order valence-corrected chi connectivity index (χ1v) is 4.50. The van der Waals surface area contributed by atoms with Crippen LogP contribution in [0.25, 0.3) is 0 Å². The van der Waals surface area contributed by atoms with E-state index in [4.69, 9.17) is 16.9 Å². The Morgan fingerprint density at radius 2 is 2.29 bits per heavy atom. The maximum Gasteiger partial charge on any atom is 0.252 e. The normalized spacial score (nSPS) is 8.86. The van der Waals surface area contributed by atoms with Crippen LogP contribution in [-0.4, -0.2) is 9.45 Å². The molecule has 0 unspecified atom stereocenters. The fourth-order valence-corrected chi connectivity index (χ4v) is 1.21. The summed E-state index contributed by atoms with van der Waals surface area (Å²) in [5, 5.41) is 7.98. The Morgan fingerprint density at radius 1 is 1.57 bits per heavy atom. The minimum Gasteiger partial charge on any atom is -0.276 e. The number of nitriles is 1. The van der Waals surface area contributed by atoms with Crippen LogP contribution in [0.1, 0.15) is 15.9 Å². The van der Waals surface area contributed by atoms with Crippen LogP contribution in [0.5, 0.6) is 0 Å². The Bertz CT molecular complexity index is 475. The highest BCUT2D eigenvalue weighted by molar-refractivity contribution is 7.54. The maximum absolute atomic E-state index is 10.8. The van der Waals surface area contributed by atoms with Gasteiger partial charge in [-0.25, -0.2) is 0 Å². The van der Waals surface area contributed by atoms with Crippen LogP contribution in [-0.2, 0) is 11.5 Å². The zero-order valence-electron chi connectivity index (χ0n) is 6.73. The third-order valence-corrected chi connectivity index (χ3v) is 1.97. The van der Waals surface area contributed by atoms with E-state index < -0.39 is 5.24 Å². The Balaban J connectivity index is 3.36. The van der Waals surface area contributed by atoms with E-state index in [1.54, 1.807) is 0 Å². The molecule has 1 aromatic rings. The molecule has 0 saturated carbocycles. The molecule has 0 saturated heterocycles. The van der Waals surface area contributed by atoms with E-state index in [0.717, 1.165) is 0 Å². The first kappa shape index (κ1) is 10.6. The van der Waals surface area contributed by atoms with Crippen LogP contribution in [0.15, 0.2) is 22.6 Å². The predicted molar refractivity (Wildman–Crippen MR) is 51.6 cm³/mol. The van der Waals surface area contributed by atoms with Crippen molar-refractivity contribution in [2.75, 3.05) is 0 Å². The van der Waals surface area contributed by atoms with Gasteiger partial charge in [0.25, 0.3) is 5.24 Å². The largest absolute Gasteiger partial charge is 0.276 e. The summed E-state index contributed by atoms with van der Waals surface area (Å²) in [6.45, 7) is 0. The summed E-state index contributed by atoms with van der Waals surface area (Å²) < 4.78 is 13.6. The molecule has 0 aliphatic carbocycles. The Kier molecular flexibility index (Phi) is 3.51. The summed E-state index contributed by atoms with van der Waals surface area (Å²) in [7, 11) is 0. The molecular weight excluding hydrogens is 224 g/mol. The standard InChI is InChI=1S/C8H3ClN2O2S/c9-8(12)5-1-2-6(4-10)7(3-5)11-14-13/h1-3H. The number of benzene rings is 1. The van der Waals surface area contributed by atoms with Crippen LogP contribution < -0.4 is 0 Å². The van der Waals surface area contributed by atoms with Gasteiger partial charge >= 0.3 is 0 Å². The van der Waals surface area contributed by atoms with Gasteiger partial charge in [-0.2, -0.15) is 13.8 Å². The van der Waals surface area contributed by atoms with E-state index in [1.807, 2.05) is 6.07 Å². The van der Waals surface area contributed by atoms with E-state index in [0.29, 0.717) is 0 Å². The highest BCUT2D eigenvalue weighted by Crippen LogP contribution is 2.20. The lowest BCUT2D eigenvalue weighted by atomic mass is 10.1. The molecule has 4 nitrogen and oxygen atoms in total. The molecule has 0 aromatic heterocycles. The molecule has 0 atom stereocenters. The number of hydrogen-bond acceptors (Lipinski definition) is 4. The highest BCUT2D eigenvalue weighted by Gasteiger charge is 2.06. The van der Waals surface area contributed by atoms with Crippen molar-refractivity contribution in [1.29, 1.82) is 5.26 Å². The van der Waals surface area contributed by atoms with Crippen molar-refractivity contribution in [2.45, 2.75) is 0 Å². The maximum atomic E-state index is 10.8. The molecule has 0 aliphatic heterocycles. The average Bonchev–Trinajstić information content (AvgIpc) is 2.18. The van der Waals surface area contributed by atoms with E-state index in [9.17, 15) is 9.00 Å². The summed E-state index contributed by atoms with van der Waals surface area (Å²) in [6, 6.07) is 5.95. The SMILES string of the molecule is N#Cc1ccc(C(=O)Cl)cc1N=S=O. The average molecular weight is 227 g/mol. The molecule has 0 bridgehead atoms. The second-order valence-corrected chi connectivity index (χ2v) is 2.96. The number of hydrogen-bond donors (Lipinski definition) is 0. The van der Waals surface area contributed by atoms with Crippen LogP contribution in [0.2, 0.25) is 0 Å². The molecule has 0 amide bonds. The van der Waals surface area contributed by atoms with Crippen molar-refractivity contribution in [3.05, 3.63) is 29.3 Å². The van der Waals surface area contributed by atoms with Gasteiger partial charge in [-0.15, -0.1) is 0 Å². The molecule has 1 aromatic carbocycles. The summed E-state index contributed by atoms with van der Waals surface area (Å²) in [5.74, 6) is 0. The number of halogens is 1. The van der Waals surface area contributed by atoms with Crippen molar-refractivity contribution < 1.29 is 9.00 Å². The molecular formula is C8H3ClN2O2S. The Morgan fingerprint density at radius 3 is 2.79 bits per heavy atom. The van der Waals surface area contributed by atoms with Crippen molar-refractivity contribution in [1.82, 2.24) is 0 Å². The predicted octanol–water partition coefficient (Wildman–Crippen LogP) is 1.97. The molecule has 0 fully saturated rings. The zero-order valence-corrected chi connectivity index (χ0v) is 8.30. The minimum atomic E-state index is -0.651. The molecule has 6 heteroatoms. The third kappa shape index (κ3) is 2.25. The molecule has 70 valence electrons. The molecule has 0 N–H and O–H groups in total. The summed E-state index contributed by atoms with van der Waals surface area (Å²) >= 11 is 5.20. The van der Waals surface area contributed by atoms with Gasteiger partial charge in [-0.3, -0.25) is 4.79 Å².